The minimum absolute atomic E-state index is 0.0255. The smallest absolute Gasteiger partial charge is 0.322 e. The number of amides is 3. The third-order valence-corrected chi connectivity index (χ3v) is 6.25. The first-order valence-corrected chi connectivity index (χ1v) is 11.4. The molecule has 3 amide bonds. The number of piperazine rings is 1. The van der Waals surface area contributed by atoms with Crippen molar-refractivity contribution in [2.24, 2.45) is 0 Å². The fraction of sp³-hybridized carbons (Fsp3) is 0.476. The molecule has 0 bridgehead atoms. The highest BCUT2D eigenvalue weighted by Gasteiger charge is 2.24. The van der Waals surface area contributed by atoms with Crippen LogP contribution in [0, 0.1) is 0 Å². The molecule has 0 saturated carbocycles. The average molecular weight is 450 g/mol. The third-order valence-electron chi connectivity index (χ3n) is 5.16. The minimum Gasteiger partial charge on any atom is -0.335 e. The normalized spacial score (nSPS) is 14.8. The van der Waals surface area contributed by atoms with Crippen LogP contribution in [0.5, 0.6) is 0 Å². The first kappa shape index (κ1) is 22.5. The molecule has 162 valence electrons. The average Bonchev–Trinajstić information content (AvgIpc) is 3.21. The molecule has 0 atom stereocenters. The van der Waals surface area contributed by atoms with Crippen LogP contribution in [-0.4, -0.2) is 70.4 Å². The van der Waals surface area contributed by atoms with E-state index in [-0.39, 0.29) is 18.0 Å². The van der Waals surface area contributed by atoms with Gasteiger partial charge in [-0.05, 0) is 44.7 Å². The van der Waals surface area contributed by atoms with Crippen molar-refractivity contribution >= 4 is 40.6 Å². The first-order valence-electron chi connectivity index (χ1n) is 10.2. The van der Waals surface area contributed by atoms with Crippen LogP contribution in [0.1, 0.15) is 36.3 Å². The molecule has 1 aliphatic heterocycles. The van der Waals surface area contributed by atoms with Gasteiger partial charge in [-0.25, -0.2) is 9.78 Å². The van der Waals surface area contributed by atoms with Crippen LogP contribution in [0.15, 0.2) is 29.6 Å². The first-order chi connectivity index (χ1) is 14.4. The standard InChI is InChI=1S/C21H28ClN5O2S/c1-4-25-9-11-26(12-10-25)20(28)18-14-30-19(24-18)13-27(15(2)3)21(29)23-17-7-5-16(22)6-8-17/h5-8,14-15H,4,9-13H2,1-3H3,(H,23,29). The van der Waals surface area contributed by atoms with Crippen LogP contribution in [-0.2, 0) is 6.54 Å². The molecule has 0 radical (unpaired) electrons. The van der Waals surface area contributed by atoms with Gasteiger partial charge in [0.25, 0.3) is 5.91 Å². The highest BCUT2D eigenvalue weighted by molar-refractivity contribution is 7.09. The summed E-state index contributed by atoms with van der Waals surface area (Å²) < 4.78 is 0. The number of carbonyl (C=O) groups excluding carboxylic acids is 2. The van der Waals surface area contributed by atoms with Crippen molar-refractivity contribution in [3.8, 4) is 0 Å². The molecule has 1 fully saturated rings. The van der Waals surface area contributed by atoms with Crippen molar-refractivity contribution in [2.75, 3.05) is 38.0 Å². The van der Waals surface area contributed by atoms with Gasteiger partial charge < -0.3 is 20.0 Å². The van der Waals surface area contributed by atoms with Gasteiger partial charge in [0.15, 0.2) is 0 Å². The number of anilines is 1. The number of nitrogens with one attached hydrogen (secondary N) is 1. The predicted octanol–water partition coefficient (Wildman–Crippen LogP) is 4.02. The van der Waals surface area contributed by atoms with Gasteiger partial charge in [-0.3, -0.25) is 4.79 Å². The Hall–Kier alpha value is -2.16. The predicted molar refractivity (Wildman–Crippen MR) is 121 cm³/mol. The van der Waals surface area contributed by atoms with Crippen LogP contribution in [0.3, 0.4) is 0 Å². The van der Waals surface area contributed by atoms with Crippen LogP contribution in [0.2, 0.25) is 5.02 Å². The van der Waals surface area contributed by atoms with Crippen LogP contribution in [0.4, 0.5) is 10.5 Å². The molecule has 1 N–H and O–H groups in total. The molecule has 9 heteroatoms. The number of urea groups is 1. The number of halogens is 1. The molecule has 2 aromatic rings. The Bertz CT molecular complexity index is 863. The molecule has 30 heavy (non-hydrogen) atoms. The van der Waals surface area contributed by atoms with Gasteiger partial charge >= 0.3 is 6.03 Å². The number of nitrogens with zero attached hydrogens (tertiary/aromatic N) is 4. The Morgan fingerprint density at radius 1 is 1.20 bits per heavy atom. The zero-order valence-electron chi connectivity index (χ0n) is 17.6. The number of aromatic nitrogens is 1. The van der Waals surface area contributed by atoms with E-state index in [1.165, 1.54) is 11.3 Å². The van der Waals surface area contributed by atoms with Crippen molar-refractivity contribution in [1.29, 1.82) is 0 Å². The number of hydrogen-bond acceptors (Lipinski definition) is 5. The topological polar surface area (TPSA) is 68.8 Å². The summed E-state index contributed by atoms with van der Waals surface area (Å²) in [5.74, 6) is -0.0324. The van der Waals surface area contributed by atoms with Gasteiger partial charge in [0.2, 0.25) is 0 Å². The third kappa shape index (κ3) is 5.71. The summed E-state index contributed by atoms with van der Waals surface area (Å²) in [6.07, 6.45) is 0. The summed E-state index contributed by atoms with van der Waals surface area (Å²) in [7, 11) is 0. The van der Waals surface area contributed by atoms with Crippen LogP contribution >= 0.6 is 22.9 Å². The number of hydrogen-bond donors (Lipinski definition) is 1. The van der Waals surface area contributed by atoms with Crippen LogP contribution < -0.4 is 5.32 Å². The SMILES string of the molecule is CCN1CCN(C(=O)c2csc(CN(C(=O)Nc3ccc(Cl)cc3)C(C)C)n2)CC1. The molecule has 1 saturated heterocycles. The summed E-state index contributed by atoms with van der Waals surface area (Å²) in [6, 6.07) is 6.74. The summed E-state index contributed by atoms with van der Waals surface area (Å²) in [5, 5.41) is 6.04. The van der Waals surface area contributed by atoms with E-state index in [0.29, 0.717) is 22.9 Å². The second-order valence-electron chi connectivity index (χ2n) is 7.51. The van der Waals surface area contributed by atoms with Crippen molar-refractivity contribution in [3.63, 3.8) is 0 Å². The second kappa shape index (κ2) is 10.2. The van der Waals surface area contributed by atoms with Crippen LogP contribution in [0.25, 0.3) is 0 Å². The fourth-order valence-electron chi connectivity index (χ4n) is 3.27. The van der Waals surface area contributed by atoms with E-state index in [9.17, 15) is 9.59 Å². The molecule has 2 heterocycles. The Balaban J connectivity index is 1.62. The maximum atomic E-state index is 12.8. The Morgan fingerprint density at radius 2 is 1.87 bits per heavy atom. The molecule has 1 aromatic heterocycles. The lowest BCUT2D eigenvalue weighted by atomic mass is 10.3. The number of thiazole rings is 1. The van der Waals surface area contributed by atoms with E-state index >= 15 is 0 Å². The quantitative estimate of drug-likeness (QED) is 0.723. The maximum Gasteiger partial charge on any atom is 0.322 e. The van der Waals surface area contributed by atoms with E-state index in [1.807, 2.05) is 18.7 Å². The van der Waals surface area contributed by atoms with E-state index < -0.39 is 0 Å². The zero-order valence-corrected chi connectivity index (χ0v) is 19.2. The molecular formula is C21H28ClN5O2S. The van der Waals surface area contributed by atoms with Crippen molar-refractivity contribution in [3.05, 3.63) is 45.4 Å². The van der Waals surface area contributed by atoms with Gasteiger partial charge in [-0.1, -0.05) is 18.5 Å². The molecule has 1 aromatic carbocycles. The Morgan fingerprint density at radius 3 is 2.47 bits per heavy atom. The molecular weight excluding hydrogens is 422 g/mol. The van der Waals surface area contributed by atoms with Crippen molar-refractivity contribution < 1.29 is 9.59 Å². The van der Waals surface area contributed by atoms with Crippen molar-refractivity contribution in [2.45, 2.75) is 33.4 Å². The van der Waals surface area contributed by atoms with Gasteiger partial charge in [-0.15, -0.1) is 11.3 Å². The molecule has 0 spiro atoms. The van der Waals surface area contributed by atoms with E-state index in [0.717, 1.165) is 37.7 Å². The maximum absolute atomic E-state index is 12.8. The molecule has 1 aliphatic rings. The summed E-state index contributed by atoms with van der Waals surface area (Å²) in [6.45, 7) is 10.6. The lowest BCUT2D eigenvalue weighted by Gasteiger charge is -2.33. The van der Waals surface area contributed by atoms with Gasteiger partial charge in [0.1, 0.15) is 10.7 Å². The number of benzene rings is 1. The number of rotatable bonds is 6. The van der Waals surface area contributed by atoms with E-state index in [4.69, 9.17) is 11.6 Å². The minimum atomic E-state index is -0.217. The highest BCUT2D eigenvalue weighted by atomic mass is 35.5. The molecule has 3 rings (SSSR count). The van der Waals surface area contributed by atoms with Crippen molar-refractivity contribution in [1.82, 2.24) is 19.7 Å². The fourth-order valence-corrected chi connectivity index (χ4v) is 4.17. The lowest BCUT2D eigenvalue weighted by molar-refractivity contribution is 0.0638. The van der Waals surface area contributed by atoms with Gasteiger partial charge in [0.05, 0.1) is 6.54 Å². The second-order valence-corrected chi connectivity index (χ2v) is 8.89. The molecule has 0 unspecified atom stereocenters. The summed E-state index contributed by atoms with van der Waals surface area (Å²) in [5.41, 5.74) is 1.14. The number of carbonyl (C=O) groups is 2. The Labute approximate surface area is 186 Å². The summed E-state index contributed by atoms with van der Waals surface area (Å²) >= 11 is 7.31. The number of likely N-dealkylation sites (N-methyl/N-ethyl adjacent to an activating group) is 1. The summed E-state index contributed by atoms with van der Waals surface area (Å²) in [4.78, 5) is 36.0. The zero-order chi connectivity index (χ0) is 21.7. The lowest BCUT2D eigenvalue weighted by Crippen LogP contribution is -2.48. The van der Waals surface area contributed by atoms with E-state index in [1.54, 1.807) is 34.5 Å². The molecule has 7 nitrogen and oxygen atoms in total. The monoisotopic (exact) mass is 449 g/mol. The molecule has 0 aliphatic carbocycles. The largest absolute Gasteiger partial charge is 0.335 e. The van der Waals surface area contributed by atoms with E-state index in [2.05, 4.69) is 22.1 Å². The van der Waals surface area contributed by atoms with Gasteiger partial charge in [0, 0.05) is 48.3 Å². The van der Waals surface area contributed by atoms with Gasteiger partial charge in [-0.2, -0.15) is 0 Å². The Kier molecular flexibility index (Phi) is 7.69. The highest BCUT2D eigenvalue weighted by Crippen LogP contribution is 2.19.